The Labute approximate surface area is 171 Å². The fraction of sp³-hybridized carbons (Fsp3) is 0.389. The summed E-state index contributed by atoms with van der Waals surface area (Å²) in [5.41, 5.74) is 0.779. The predicted molar refractivity (Wildman–Crippen MR) is 110 cm³/mol. The number of ether oxygens (including phenoxy) is 1. The number of aliphatic hydroxyl groups excluding tert-OH is 2. The number of thiazole rings is 1. The number of anilines is 2. The van der Waals surface area contributed by atoms with Crippen molar-refractivity contribution in [2.24, 2.45) is 5.92 Å². The Morgan fingerprint density at radius 3 is 2.79 bits per heavy atom. The van der Waals surface area contributed by atoms with Crippen molar-refractivity contribution >= 4 is 45.4 Å². The molecule has 2 aromatic rings. The summed E-state index contributed by atoms with van der Waals surface area (Å²) in [5, 5.41) is 29.4. The minimum absolute atomic E-state index is 0.122. The lowest BCUT2D eigenvalue weighted by molar-refractivity contribution is -0.126. The van der Waals surface area contributed by atoms with Crippen molar-refractivity contribution < 1.29 is 19.7 Å². The first-order valence-electron chi connectivity index (χ1n) is 8.80. The van der Waals surface area contributed by atoms with E-state index in [-0.39, 0.29) is 12.3 Å². The lowest BCUT2D eigenvalue weighted by Crippen LogP contribution is -2.60. The van der Waals surface area contributed by atoms with Gasteiger partial charge in [-0.05, 0) is 42.9 Å². The van der Waals surface area contributed by atoms with Gasteiger partial charge in [0.2, 0.25) is 5.91 Å². The van der Waals surface area contributed by atoms with E-state index in [9.17, 15) is 15.0 Å². The summed E-state index contributed by atoms with van der Waals surface area (Å²) < 4.78 is 5.20. The van der Waals surface area contributed by atoms with Crippen molar-refractivity contribution in [2.75, 3.05) is 17.3 Å². The minimum Gasteiger partial charge on any atom is -0.497 e. The molecule has 8 nitrogen and oxygen atoms in total. The highest BCUT2D eigenvalue weighted by Gasteiger charge is 2.54. The highest BCUT2D eigenvalue weighted by molar-refractivity contribution is 7.80. The van der Waals surface area contributed by atoms with Gasteiger partial charge in [0.25, 0.3) is 0 Å². The Kier molecular flexibility index (Phi) is 5.19. The standard InChI is InChI=1S/C18H20N4O4S2/c1-26-10-4-2-9(3-5-10)22-14-11(16(25)21-17-19-6-7-28-17)8-12(23)15(24)13(14)20-18(22)27/h2-7,11-15,23-24H,8H2,1H3,(H,20,27)(H,19,21,25)/t11-,12-,13-,14+,15+/m1/s1. The second-order valence-corrected chi connectivity index (χ2v) is 8.04. The molecular formula is C18H20N4O4S2. The topological polar surface area (TPSA) is 107 Å². The second kappa shape index (κ2) is 7.63. The van der Waals surface area contributed by atoms with E-state index in [1.807, 2.05) is 29.2 Å². The molecule has 4 N–H and O–H groups in total. The maximum atomic E-state index is 13.0. The van der Waals surface area contributed by atoms with Crippen molar-refractivity contribution in [1.29, 1.82) is 0 Å². The number of aliphatic hydroxyl groups is 2. The van der Waals surface area contributed by atoms with Crippen LogP contribution in [0.3, 0.4) is 0 Å². The molecule has 0 bridgehead atoms. The summed E-state index contributed by atoms with van der Waals surface area (Å²) in [7, 11) is 1.59. The van der Waals surface area contributed by atoms with Crippen molar-refractivity contribution in [2.45, 2.75) is 30.7 Å². The molecule has 1 amide bonds. The molecule has 2 heterocycles. The molecule has 1 aliphatic heterocycles. The summed E-state index contributed by atoms with van der Waals surface area (Å²) in [6.07, 6.45) is -0.330. The van der Waals surface area contributed by atoms with Crippen LogP contribution in [0.25, 0.3) is 0 Å². The second-order valence-electron chi connectivity index (χ2n) is 6.76. The van der Waals surface area contributed by atoms with E-state index in [0.717, 1.165) is 5.69 Å². The van der Waals surface area contributed by atoms with Crippen molar-refractivity contribution in [3.8, 4) is 5.75 Å². The molecule has 148 valence electrons. The Morgan fingerprint density at radius 1 is 1.39 bits per heavy atom. The maximum Gasteiger partial charge on any atom is 0.231 e. The fourth-order valence-corrected chi connectivity index (χ4v) is 4.76. The number of aromatic nitrogens is 1. The number of thiocarbonyl (C=S) groups is 1. The summed E-state index contributed by atoms with van der Waals surface area (Å²) in [6, 6.07) is 6.31. The largest absolute Gasteiger partial charge is 0.497 e. The van der Waals surface area contributed by atoms with Gasteiger partial charge in [-0.2, -0.15) is 0 Å². The lowest BCUT2D eigenvalue weighted by Gasteiger charge is -2.41. The van der Waals surface area contributed by atoms with Gasteiger partial charge in [0.05, 0.1) is 31.2 Å². The van der Waals surface area contributed by atoms with Crippen LogP contribution in [0, 0.1) is 5.92 Å². The number of hydrogen-bond donors (Lipinski definition) is 4. The van der Waals surface area contributed by atoms with Gasteiger partial charge < -0.3 is 30.5 Å². The van der Waals surface area contributed by atoms with Crippen LogP contribution in [0.2, 0.25) is 0 Å². The Balaban J connectivity index is 1.67. The van der Waals surface area contributed by atoms with Crippen LogP contribution >= 0.6 is 23.6 Å². The molecular weight excluding hydrogens is 400 g/mol. The number of hydrogen-bond acceptors (Lipinski definition) is 7. The van der Waals surface area contributed by atoms with Gasteiger partial charge in [0, 0.05) is 17.3 Å². The van der Waals surface area contributed by atoms with Gasteiger partial charge in [0.15, 0.2) is 10.2 Å². The van der Waals surface area contributed by atoms with Crippen LogP contribution in [-0.4, -0.2) is 57.6 Å². The van der Waals surface area contributed by atoms with E-state index in [0.29, 0.717) is 16.0 Å². The summed E-state index contributed by atoms with van der Waals surface area (Å²) in [5.74, 6) is -0.154. The Hall–Kier alpha value is -2.27. The van der Waals surface area contributed by atoms with Crippen LogP contribution < -0.4 is 20.3 Å². The molecule has 0 unspecified atom stereocenters. The van der Waals surface area contributed by atoms with Gasteiger partial charge in [-0.1, -0.05) is 0 Å². The molecule has 1 aromatic carbocycles. The van der Waals surface area contributed by atoms with Crippen molar-refractivity contribution in [1.82, 2.24) is 10.3 Å². The number of amides is 1. The van der Waals surface area contributed by atoms with Gasteiger partial charge in [-0.25, -0.2) is 4.98 Å². The van der Waals surface area contributed by atoms with Crippen LogP contribution in [0.15, 0.2) is 35.8 Å². The smallest absolute Gasteiger partial charge is 0.231 e. The first-order chi connectivity index (χ1) is 13.5. The highest BCUT2D eigenvalue weighted by atomic mass is 32.1. The molecule has 0 radical (unpaired) electrons. The molecule has 1 aliphatic carbocycles. The zero-order valence-electron chi connectivity index (χ0n) is 15.0. The third-order valence-corrected chi connectivity index (χ3v) is 6.20. The van der Waals surface area contributed by atoms with E-state index in [1.54, 1.807) is 18.7 Å². The number of methoxy groups -OCH3 is 1. The highest BCUT2D eigenvalue weighted by Crippen LogP contribution is 2.37. The van der Waals surface area contributed by atoms with Gasteiger partial charge >= 0.3 is 0 Å². The number of nitrogens with one attached hydrogen (secondary N) is 2. The van der Waals surface area contributed by atoms with E-state index in [4.69, 9.17) is 17.0 Å². The molecule has 2 aliphatic rings. The number of rotatable bonds is 4. The maximum absolute atomic E-state index is 13.0. The van der Waals surface area contributed by atoms with Crippen LogP contribution in [0.1, 0.15) is 6.42 Å². The SMILES string of the molecule is COc1ccc(N2C(=S)N[C@H]3[C@@H](O)[C@H](O)C[C@@H](C(=O)Nc4nccs4)[C@@H]32)cc1. The zero-order valence-corrected chi connectivity index (χ0v) is 16.6. The lowest BCUT2D eigenvalue weighted by atomic mass is 9.77. The number of nitrogens with zero attached hydrogens (tertiary/aromatic N) is 2. The minimum atomic E-state index is -1.03. The molecule has 1 saturated carbocycles. The van der Waals surface area contributed by atoms with Crippen LogP contribution in [0.5, 0.6) is 5.75 Å². The van der Waals surface area contributed by atoms with Gasteiger partial charge in [-0.3, -0.25) is 4.79 Å². The number of carbonyl (C=O) groups excluding carboxylic acids is 1. The number of fused-ring (bicyclic) bond motifs is 1. The molecule has 28 heavy (non-hydrogen) atoms. The van der Waals surface area contributed by atoms with Crippen LogP contribution in [-0.2, 0) is 4.79 Å². The number of carbonyl (C=O) groups is 1. The average Bonchev–Trinajstić information content (AvgIpc) is 3.32. The van der Waals surface area contributed by atoms with Gasteiger partial charge in [0.1, 0.15) is 11.9 Å². The summed E-state index contributed by atoms with van der Waals surface area (Å²) in [4.78, 5) is 18.9. The average molecular weight is 421 g/mol. The number of benzene rings is 1. The molecule has 2 fully saturated rings. The molecule has 1 aromatic heterocycles. The summed E-state index contributed by atoms with van der Waals surface area (Å²) >= 11 is 6.81. The predicted octanol–water partition coefficient (Wildman–Crippen LogP) is 0.964. The Bertz CT molecular complexity index is 861. The van der Waals surface area contributed by atoms with E-state index >= 15 is 0 Å². The summed E-state index contributed by atoms with van der Waals surface area (Å²) in [6.45, 7) is 0. The van der Waals surface area contributed by atoms with E-state index < -0.39 is 30.2 Å². The molecule has 5 atom stereocenters. The quantitative estimate of drug-likeness (QED) is 0.542. The normalized spacial score (nSPS) is 29.2. The first-order valence-corrected chi connectivity index (χ1v) is 10.1. The Morgan fingerprint density at radius 2 is 2.14 bits per heavy atom. The van der Waals surface area contributed by atoms with Crippen LogP contribution in [0.4, 0.5) is 10.8 Å². The molecule has 10 heteroatoms. The molecule has 0 spiro atoms. The monoisotopic (exact) mass is 420 g/mol. The molecule has 4 rings (SSSR count). The van der Waals surface area contributed by atoms with Crippen molar-refractivity contribution in [3.63, 3.8) is 0 Å². The third kappa shape index (κ3) is 3.32. The molecule has 1 saturated heterocycles. The van der Waals surface area contributed by atoms with Crippen molar-refractivity contribution in [3.05, 3.63) is 35.8 Å². The fourth-order valence-electron chi connectivity index (χ4n) is 3.87. The third-order valence-electron chi connectivity index (χ3n) is 5.19. The first kappa shape index (κ1) is 19.1. The zero-order chi connectivity index (χ0) is 19.8. The van der Waals surface area contributed by atoms with E-state index in [2.05, 4.69) is 15.6 Å². The van der Waals surface area contributed by atoms with Gasteiger partial charge in [-0.15, -0.1) is 11.3 Å². The van der Waals surface area contributed by atoms with E-state index in [1.165, 1.54) is 11.3 Å².